The molecule has 2 atom stereocenters. The van der Waals surface area contributed by atoms with Crippen LogP contribution in [0.15, 0.2) is 94.7 Å². The average molecular weight is 509 g/mol. The van der Waals surface area contributed by atoms with Gasteiger partial charge in [-0.2, -0.15) is 13.2 Å². The first-order valence-electron chi connectivity index (χ1n) is 11.5. The third-order valence-corrected chi connectivity index (χ3v) is 7.56. The van der Waals surface area contributed by atoms with Crippen LogP contribution in [0, 0.1) is 0 Å². The number of rotatable bonds is 4. The summed E-state index contributed by atoms with van der Waals surface area (Å²) in [5.41, 5.74) is 2.55. The van der Waals surface area contributed by atoms with Gasteiger partial charge in [-0.15, -0.1) is 11.3 Å². The molecule has 2 heterocycles. The van der Waals surface area contributed by atoms with Crippen molar-refractivity contribution in [2.24, 2.45) is 0 Å². The zero-order chi connectivity index (χ0) is 25.4. The third kappa shape index (κ3) is 4.60. The van der Waals surface area contributed by atoms with Crippen molar-refractivity contribution in [3.63, 3.8) is 0 Å². The lowest BCUT2D eigenvalue weighted by Crippen LogP contribution is -2.36. The Morgan fingerprint density at radius 3 is 2.50 bits per heavy atom. The van der Waals surface area contributed by atoms with Gasteiger partial charge in [-0.05, 0) is 54.5 Å². The molecule has 2 aliphatic rings. The molecule has 1 aromatic heterocycles. The van der Waals surface area contributed by atoms with Crippen LogP contribution >= 0.6 is 11.3 Å². The number of hydrogen-bond acceptors (Lipinski definition) is 4. The lowest BCUT2D eigenvalue weighted by atomic mass is 9.73. The van der Waals surface area contributed by atoms with Crippen molar-refractivity contribution in [1.82, 2.24) is 5.32 Å². The molecule has 2 aromatic carbocycles. The maximum Gasteiger partial charge on any atom is 0.416 e. The first kappa shape index (κ1) is 24.1. The number of halogens is 3. The number of amides is 1. The molecule has 5 rings (SSSR count). The summed E-state index contributed by atoms with van der Waals surface area (Å²) in [4.78, 5) is 27.9. The monoisotopic (exact) mass is 508 g/mol. The van der Waals surface area contributed by atoms with Crippen molar-refractivity contribution in [2.75, 3.05) is 5.32 Å². The van der Waals surface area contributed by atoms with Gasteiger partial charge in [-0.1, -0.05) is 42.5 Å². The standard InChI is InChI=1S/C28H23F3N2O2S/c1-16-24(27(35)33-20-10-5-9-19(15-20)28(29,30)31)26(23-11-6-12-36-23)25-21(32-16)13-18(14-22(25)34)17-7-3-2-4-8-17/h2-12,15,18,26,32H,13-14H2,1H3,(H,33,35)/t18-,26-/m0/s1. The largest absolute Gasteiger partial charge is 0.416 e. The van der Waals surface area contributed by atoms with Crippen molar-refractivity contribution in [3.8, 4) is 0 Å². The van der Waals surface area contributed by atoms with E-state index in [1.54, 1.807) is 6.92 Å². The highest BCUT2D eigenvalue weighted by Gasteiger charge is 2.41. The molecule has 0 bridgehead atoms. The Morgan fingerprint density at radius 1 is 1.03 bits per heavy atom. The number of carbonyl (C=O) groups excluding carboxylic acids is 2. The Bertz CT molecular complexity index is 1380. The van der Waals surface area contributed by atoms with Crippen molar-refractivity contribution >= 4 is 28.7 Å². The Balaban J connectivity index is 1.50. The van der Waals surface area contributed by atoms with Crippen LogP contribution in [0.25, 0.3) is 0 Å². The summed E-state index contributed by atoms with van der Waals surface area (Å²) in [5, 5.41) is 7.80. The van der Waals surface area contributed by atoms with Crippen LogP contribution in [0.2, 0.25) is 0 Å². The van der Waals surface area contributed by atoms with Gasteiger partial charge in [0.2, 0.25) is 0 Å². The molecule has 1 amide bonds. The van der Waals surface area contributed by atoms with Crippen molar-refractivity contribution in [1.29, 1.82) is 0 Å². The lowest BCUT2D eigenvalue weighted by molar-refractivity contribution is -0.137. The summed E-state index contributed by atoms with van der Waals surface area (Å²) >= 11 is 1.44. The molecule has 0 radical (unpaired) electrons. The number of thiophene rings is 1. The molecule has 184 valence electrons. The topological polar surface area (TPSA) is 58.2 Å². The Morgan fingerprint density at radius 2 is 1.81 bits per heavy atom. The molecule has 36 heavy (non-hydrogen) atoms. The molecule has 8 heteroatoms. The summed E-state index contributed by atoms with van der Waals surface area (Å²) in [7, 11) is 0. The van der Waals surface area contributed by atoms with E-state index in [-0.39, 0.29) is 17.4 Å². The fourth-order valence-corrected chi connectivity index (χ4v) is 5.86. The van der Waals surface area contributed by atoms with Gasteiger partial charge in [0, 0.05) is 39.5 Å². The summed E-state index contributed by atoms with van der Waals surface area (Å²) in [6, 6.07) is 18.1. The van der Waals surface area contributed by atoms with Gasteiger partial charge in [0.05, 0.1) is 11.5 Å². The highest BCUT2D eigenvalue weighted by atomic mass is 32.1. The predicted molar refractivity (Wildman–Crippen MR) is 133 cm³/mol. The SMILES string of the molecule is CC1=C(C(=O)Nc2cccc(C(F)(F)F)c2)[C@H](c2cccs2)C2=C(C[C@H](c3ccccc3)CC2=O)N1. The van der Waals surface area contributed by atoms with Gasteiger partial charge in [0.15, 0.2) is 5.78 Å². The minimum atomic E-state index is -4.52. The molecule has 1 aliphatic carbocycles. The minimum absolute atomic E-state index is 0.0298. The van der Waals surface area contributed by atoms with E-state index in [1.165, 1.54) is 23.5 Å². The summed E-state index contributed by atoms with van der Waals surface area (Å²) in [6.45, 7) is 1.77. The highest BCUT2D eigenvalue weighted by molar-refractivity contribution is 7.10. The molecule has 3 aromatic rings. The van der Waals surface area contributed by atoms with Gasteiger partial charge >= 0.3 is 6.18 Å². The fourth-order valence-electron chi connectivity index (χ4n) is 5.01. The first-order valence-corrected chi connectivity index (χ1v) is 12.4. The van der Waals surface area contributed by atoms with Gasteiger partial charge in [0.25, 0.3) is 5.91 Å². The molecular weight excluding hydrogens is 485 g/mol. The summed E-state index contributed by atoms with van der Waals surface area (Å²) in [6.07, 6.45) is -3.56. The second-order valence-corrected chi connectivity index (χ2v) is 9.96. The highest BCUT2D eigenvalue weighted by Crippen LogP contribution is 2.46. The maximum atomic E-state index is 13.5. The van der Waals surface area contributed by atoms with Crippen LogP contribution < -0.4 is 10.6 Å². The first-order chi connectivity index (χ1) is 17.2. The van der Waals surface area contributed by atoms with Gasteiger partial charge < -0.3 is 10.6 Å². The summed E-state index contributed by atoms with van der Waals surface area (Å²) < 4.78 is 39.5. The molecule has 2 N–H and O–H groups in total. The van der Waals surface area contributed by atoms with Crippen LogP contribution in [0.4, 0.5) is 18.9 Å². The maximum absolute atomic E-state index is 13.5. The van der Waals surface area contributed by atoms with E-state index in [9.17, 15) is 22.8 Å². The predicted octanol–water partition coefficient (Wildman–Crippen LogP) is 6.77. The summed E-state index contributed by atoms with van der Waals surface area (Å²) in [5.74, 6) is -1.13. The molecule has 4 nitrogen and oxygen atoms in total. The lowest BCUT2D eigenvalue weighted by Gasteiger charge is -2.36. The minimum Gasteiger partial charge on any atom is -0.362 e. The zero-order valence-electron chi connectivity index (χ0n) is 19.4. The number of ketones is 1. The molecule has 1 aliphatic heterocycles. The molecule has 0 unspecified atom stereocenters. The van der Waals surface area contributed by atoms with E-state index >= 15 is 0 Å². The average Bonchev–Trinajstić information content (AvgIpc) is 3.38. The number of hydrogen-bond donors (Lipinski definition) is 2. The number of anilines is 1. The van der Waals surface area contributed by atoms with Crippen molar-refractivity contribution < 1.29 is 22.8 Å². The second-order valence-electron chi connectivity index (χ2n) is 8.98. The number of nitrogens with one attached hydrogen (secondary N) is 2. The van der Waals surface area contributed by atoms with Gasteiger partial charge in [0.1, 0.15) is 0 Å². The molecule has 0 spiro atoms. The Kier molecular flexibility index (Phi) is 6.30. The van der Waals surface area contributed by atoms with Gasteiger partial charge in [-0.3, -0.25) is 9.59 Å². The van der Waals surface area contributed by atoms with E-state index in [0.29, 0.717) is 29.7 Å². The number of alkyl halides is 3. The van der Waals surface area contributed by atoms with Crippen LogP contribution in [0.5, 0.6) is 0 Å². The number of benzene rings is 2. The number of carbonyl (C=O) groups is 2. The smallest absolute Gasteiger partial charge is 0.362 e. The zero-order valence-corrected chi connectivity index (χ0v) is 20.2. The van der Waals surface area contributed by atoms with Crippen LogP contribution in [0.3, 0.4) is 0 Å². The number of allylic oxidation sites excluding steroid dienone is 3. The van der Waals surface area contributed by atoms with E-state index in [0.717, 1.165) is 28.3 Å². The molecule has 0 saturated heterocycles. The van der Waals surface area contributed by atoms with E-state index in [1.807, 2.05) is 47.8 Å². The van der Waals surface area contributed by atoms with Crippen LogP contribution in [-0.2, 0) is 15.8 Å². The van der Waals surface area contributed by atoms with E-state index < -0.39 is 23.6 Å². The normalized spacial score (nSPS) is 20.2. The van der Waals surface area contributed by atoms with E-state index in [4.69, 9.17) is 0 Å². The molecule has 0 saturated carbocycles. The van der Waals surface area contributed by atoms with Crippen molar-refractivity contribution in [3.05, 3.63) is 111 Å². The fraction of sp³-hybridized carbons (Fsp3) is 0.214. The third-order valence-electron chi connectivity index (χ3n) is 6.62. The van der Waals surface area contributed by atoms with E-state index in [2.05, 4.69) is 10.6 Å². The second kappa shape index (κ2) is 9.43. The molecular formula is C28H23F3N2O2S. The van der Waals surface area contributed by atoms with Crippen LogP contribution in [-0.4, -0.2) is 11.7 Å². The Labute approximate surface area is 210 Å². The molecule has 0 fully saturated rings. The number of dihydropyridines is 1. The van der Waals surface area contributed by atoms with Gasteiger partial charge in [-0.25, -0.2) is 0 Å². The quantitative estimate of drug-likeness (QED) is 0.409. The van der Waals surface area contributed by atoms with Crippen LogP contribution in [0.1, 0.15) is 47.6 Å². The number of Topliss-reactive ketones (excluding diaryl/α,β-unsaturated/α-hetero) is 1. The Hall–Kier alpha value is -3.65. The van der Waals surface area contributed by atoms with Crippen molar-refractivity contribution in [2.45, 2.75) is 37.8 Å².